The summed E-state index contributed by atoms with van der Waals surface area (Å²) >= 11 is 0. The quantitative estimate of drug-likeness (QED) is 0.796. The van der Waals surface area contributed by atoms with E-state index >= 15 is 0 Å². The third-order valence-corrected chi connectivity index (χ3v) is 3.84. The largest absolute Gasteiger partial charge is 0.370 e. The maximum absolute atomic E-state index is 4.45. The van der Waals surface area contributed by atoms with E-state index in [2.05, 4.69) is 28.2 Å². The predicted molar refractivity (Wildman–Crippen MR) is 81.5 cm³/mol. The van der Waals surface area contributed by atoms with Crippen LogP contribution < -0.4 is 5.32 Å². The maximum Gasteiger partial charge on any atom is 0.126 e. The molecule has 0 spiro atoms. The summed E-state index contributed by atoms with van der Waals surface area (Å²) in [5.74, 6) is 1.90. The van der Waals surface area contributed by atoms with Gasteiger partial charge in [-0.3, -0.25) is 0 Å². The van der Waals surface area contributed by atoms with Crippen molar-refractivity contribution in [1.29, 1.82) is 0 Å². The molecule has 0 radical (unpaired) electrons. The number of rotatable bonds is 6. The van der Waals surface area contributed by atoms with Crippen LogP contribution >= 0.6 is 0 Å². The smallest absolute Gasteiger partial charge is 0.126 e. The second-order valence-electron chi connectivity index (χ2n) is 5.85. The van der Waals surface area contributed by atoms with E-state index in [1.54, 1.807) is 0 Å². The number of hydrogen-bond acceptors (Lipinski definition) is 3. The lowest BCUT2D eigenvalue weighted by molar-refractivity contribution is 0.181. The topological polar surface area (TPSA) is 28.2 Å². The van der Waals surface area contributed by atoms with Crippen LogP contribution in [0.25, 0.3) is 0 Å². The second-order valence-corrected chi connectivity index (χ2v) is 5.85. The van der Waals surface area contributed by atoms with Crippen LogP contribution in [0.2, 0.25) is 0 Å². The number of aryl methyl sites for hydroxylation is 1. The van der Waals surface area contributed by atoms with Gasteiger partial charge in [0.1, 0.15) is 5.82 Å². The van der Waals surface area contributed by atoms with Crippen LogP contribution in [0, 0.1) is 12.8 Å². The standard InChI is InChI=1S/C16H27N3/c1-14-7-6-12-19(13-14)11-4-3-10-17-16-9-5-8-15(2)18-16/h5,8-9,14H,3-4,6-7,10-13H2,1-2H3,(H,17,18). The van der Waals surface area contributed by atoms with Crippen LogP contribution in [0.5, 0.6) is 0 Å². The zero-order valence-corrected chi connectivity index (χ0v) is 12.4. The van der Waals surface area contributed by atoms with Gasteiger partial charge in [0.05, 0.1) is 0 Å². The zero-order valence-electron chi connectivity index (χ0n) is 12.4. The highest BCUT2D eigenvalue weighted by Crippen LogP contribution is 2.15. The van der Waals surface area contributed by atoms with E-state index in [0.29, 0.717) is 0 Å². The molecule has 1 aromatic heterocycles. The molecule has 0 aromatic carbocycles. The van der Waals surface area contributed by atoms with E-state index in [1.165, 1.54) is 45.3 Å². The minimum absolute atomic E-state index is 0.892. The first-order valence-corrected chi connectivity index (χ1v) is 7.64. The Hall–Kier alpha value is -1.09. The van der Waals surface area contributed by atoms with Crippen molar-refractivity contribution < 1.29 is 0 Å². The summed E-state index contributed by atoms with van der Waals surface area (Å²) in [6.45, 7) is 9.29. The average molecular weight is 261 g/mol. The van der Waals surface area contributed by atoms with Crippen molar-refractivity contribution in [2.45, 2.75) is 39.5 Å². The molecule has 19 heavy (non-hydrogen) atoms. The highest BCUT2D eigenvalue weighted by Gasteiger charge is 2.15. The molecule has 1 unspecified atom stereocenters. The summed E-state index contributed by atoms with van der Waals surface area (Å²) in [5, 5.41) is 3.40. The number of piperidine rings is 1. The Labute approximate surface area is 117 Å². The van der Waals surface area contributed by atoms with Gasteiger partial charge in [-0.1, -0.05) is 13.0 Å². The Morgan fingerprint density at radius 2 is 2.26 bits per heavy atom. The first-order valence-electron chi connectivity index (χ1n) is 7.64. The fraction of sp³-hybridized carbons (Fsp3) is 0.688. The minimum atomic E-state index is 0.892. The average Bonchev–Trinajstić information content (AvgIpc) is 2.38. The number of nitrogens with one attached hydrogen (secondary N) is 1. The molecule has 1 saturated heterocycles. The van der Waals surface area contributed by atoms with Crippen LogP contribution in [0.1, 0.15) is 38.3 Å². The summed E-state index contributed by atoms with van der Waals surface area (Å²) < 4.78 is 0. The molecule has 0 aliphatic carbocycles. The summed E-state index contributed by atoms with van der Waals surface area (Å²) in [4.78, 5) is 7.07. The van der Waals surface area contributed by atoms with Gasteiger partial charge in [0.25, 0.3) is 0 Å². The van der Waals surface area contributed by atoms with E-state index in [0.717, 1.165) is 24.0 Å². The molecule has 1 atom stereocenters. The van der Waals surface area contributed by atoms with Gasteiger partial charge in [0.2, 0.25) is 0 Å². The summed E-state index contributed by atoms with van der Waals surface area (Å²) in [6.07, 6.45) is 5.30. The fourth-order valence-corrected chi connectivity index (χ4v) is 2.81. The summed E-state index contributed by atoms with van der Waals surface area (Å²) in [7, 11) is 0. The Balaban J connectivity index is 1.57. The molecule has 1 aromatic rings. The van der Waals surface area contributed by atoms with Crippen LogP contribution in [0.3, 0.4) is 0 Å². The number of anilines is 1. The molecule has 0 amide bonds. The molecule has 1 N–H and O–H groups in total. The molecule has 1 fully saturated rings. The number of hydrogen-bond donors (Lipinski definition) is 1. The van der Waals surface area contributed by atoms with E-state index < -0.39 is 0 Å². The van der Waals surface area contributed by atoms with Crippen molar-refractivity contribution in [3.05, 3.63) is 23.9 Å². The van der Waals surface area contributed by atoms with Crippen molar-refractivity contribution >= 4 is 5.82 Å². The normalized spacial score (nSPS) is 20.4. The number of nitrogens with zero attached hydrogens (tertiary/aromatic N) is 2. The minimum Gasteiger partial charge on any atom is -0.370 e. The zero-order chi connectivity index (χ0) is 13.5. The SMILES string of the molecule is Cc1cccc(NCCCCN2CCCC(C)C2)n1. The lowest BCUT2D eigenvalue weighted by atomic mass is 10.0. The van der Waals surface area contributed by atoms with Gasteiger partial charge in [-0.15, -0.1) is 0 Å². The Morgan fingerprint density at radius 3 is 3.05 bits per heavy atom. The molecule has 3 heteroatoms. The van der Waals surface area contributed by atoms with Gasteiger partial charge in [0, 0.05) is 18.8 Å². The van der Waals surface area contributed by atoms with Gasteiger partial charge < -0.3 is 10.2 Å². The molecule has 106 valence electrons. The second kappa shape index (κ2) is 7.49. The first kappa shape index (κ1) is 14.3. The number of unbranched alkanes of at least 4 members (excludes halogenated alkanes) is 1. The van der Waals surface area contributed by atoms with Crippen LogP contribution in [-0.4, -0.2) is 36.1 Å². The molecule has 0 saturated carbocycles. The summed E-state index contributed by atoms with van der Waals surface area (Å²) in [6, 6.07) is 6.13. The highest BCUT2D eigenvalue weighted by molar-refractivity contribution is 5.34. The molecular formula is C16H27N3. The van der Waals surface area contributed by atoms with Crippen molar-refractivity contribution in [1.82, 2.24) is 9.88 Å². The lowest BCUT2D eigenvalue weighted by Gasteiger charge is -2.30. The van der Waals surface area contributed by atoms with E-state index in [-0.39, 0.29) is 0 Å². The number of pyridine rings is 1. The van der Waals surface area contributed by atoms with Crippen LogP contribution in [0.4, 0.5) is 5.82 Å². The van der Waals surface area contributed by atoms with E-state index in [1.807, 2.05) is 19.1 Å². The molecular weight excluding hydrogens is 234 g/mol. The van der Waals surface area contributed by atoms with E-state index in [4.69, 9.17) is 0 Å². The highest BCUT2D eigenvalue weighted by atomic mass is 15.1. The molecule has 0 bridgehead atoms. The predicted octanol–water partition coefficient (Wildman–Crippen LogP) is 3.31. The molecule has 3 nitrogen and oxygen atoms in total. The summed E-state index contributed by atoms with van der Waals surface area (Å²) in [5.41, 5.74) is 1.08. The van der Waals surface area contributed by atoms with Crippen molar-refractivity contribution in [3.63, 3.8) is 0 Å². The van der Waals surface area contributed by atoms with Gasteiger partial charge in [-0.25, -0.2) is 4.98 Å². The maximum atomic E-state index is 4.45. The number of aromatic nitrogens is 1. The Kier molecular flexibility index (Phi) is 5.64. The Morgan fingerprint density at radius 1 is 1.37 bits per heavy atom. The van der Waals surface area contributed by atoms with Gasteiger partial charge in [0.15, 0.2) is 0 Å². The van der Waals surface area contributed by atoms with Crippen LogP contribution in [-0.2, 0) is 0 Å². The third kappa shape index (κ3) is 5.19. The lowest BCUT2D eigenvalue weighted by Crippen LogP contribution is -2.35. The fourth-order valence-electron chi connectivity index (χ4n) is 2.81. The molecule has 2 rings (SSSR count). The first-order chi connectivity index (χ1) is 9.24. The van der Waals surface area contributed by atoms with Crippen molar-refractivity contribution in [2.75, 3.05) is 31.5 Å². The molecule has 2 heterocycles. The Bertz CT molecular complexity index is 378. The third-order valence-electron chi connectivity index (χ3n) is 3.84. The van der Waals surface area contributed by atoms with Gasteiger partial charge in [-0.2, -0.15) is 0 Å². The molecule has 1 aliphatic rings. The van der Waals surface area contributed by atoms with Gasteiger partial charge in [-0.05, 0) is 63.7 Å². The van der Waals surface area contributed by atoms with E-state index in [9.17, 15) is 0 Å². The molecule has 1 aliphatic heterocycles. The monoisotopic (exact) mass is 261 g/mol. The van der Waals surface area contributed by atoms with Crippen molar-refractivity contribution in [3.8, 4) is 0 Å². The van der Waals surface area contributed by atoms with Crippen LogP contribution in [0.15, 0.2) is 18.2 Å². The number of likely N-dealkylation sites (tertiary alicyclic amines) is 1. The van der Waals surface area contributed by atoms with Gasteiger partial charge >= 0.3 is 0 Å². The van der Waals surface area contributed by atoms with Crippen molar-refractivity contribution in [2.24, 2.45) is 5.92 Å².